The van der Waals surface area contributed by atoms with Crippen LogP contribution >= 0.6 is 0 Å². The molecule has 2 amide bonds. The minimum Gasteiger partial charge on any atom is -0.350 e. The summed E-state index contributed by atoms with van der Waals surface area (Å²) in [5, 5.41) is 3.01. The fourth-order valence-corrected chi connectivity index (χ4v) is 3.54. The van der Waals surface area contributed by atoms with Gasteiger partial charge in [-0.1, -0.05) is 0 Å². The second-order valence-electron chi connectivity index (χ2n) is 6.80. The number of nitrogens with one attached hydrogen (secondary N) is 1. The standard InChI is InChI=1S/C19H24N4O2/c1-13(2)23-10-4-5-16(23)19(25)21-12-15-11-17(24)22(3)18(15)14-6-8-20-9-7-14/h4-10,13,15,18H,11-12H2,1-3H3,(H,21,25)/t15-,18-/m0/s1. The summed E-state index contributed by atoms with van der Waals surface area (Å²) in [5.74, 6) is 0.0482. The summed E-state index contributed by atoms with van der Waals surface area (Å²) >= 11 is 0. The lowest BCUT2D eigenvalue weighted by atomic mass is 9.94. The molecular weight excluding hydrogens is 316 g/mol. The second-order valence-corrected chi connectivity index (χ2v) is 6.80. The third-order valence-corrected chi connectivity index (χ3v) is 4.83. The normalized spacial score (nSPS) is 20.3. The Hall–Kier alpha value is -2.63. The molecule has 2 atom stereocenters. The predicted molar refractivity (Wildman–Crippen MR) is 95.0 cm³/mol. The van der Waals surface area contributed by atoms with Crippen molar-refractivity contribution in [3.05, 3.63) is 54.1 Å². The molecule has 0 spiro atoms. The van der Waals surface area contributed by atoms with Gasteiger partial charge < -0.3 is 14.8 Å². The van der Waals surface area contributed by atoms with Crippen LogP contribution in [0.2, 0.25) is 0 Å². The van der Waals surface area contributed by atoms with Gasteiger partial charge in [0.2, 0.25) is 5.91 Å². The highest BCUT2D eigenvalue weighted by Gasteiger charge is 2.38. The number of pyridine rings is 1. The fraction of sp³-hybridized carbons (Fsp3) is 0.421. The Morgan fingerprint density at radius 1 is 1.32 bits per heavy atom. The van der Waals surface area contributed by atoms with Crippen LogP contribution in [0.25, 0.3) is 0 Å². The summed E-state index contributed by atoms with van der Waals surface area (Å²) in [6.45, 7) is 4.55. The Labute approximate surface area is 147 Å². The largest absolute Gasteiger partial charge is 0.350 e. The smallest absolute Gasteiger partial charge is 0.267 e. The minimum absolute atomic E-state index is 0.0346. The van der Waals surface area contributed by atoms with Crippen LogP contribution in [0.1, 0.15) is 48.4 Å². The molecule has 0 aliphatic carbocycles. The number of amides is 2. The molecular formula is C19H24N4O2. The number of hydrogen-bond acceptors (Lipinski definition) is 3. The van der Waals surface area contributed by atoms with Gasteiger partial charge in [0.05, 0.1) is 6.04 Å². The monoisotopic (exact) mass is 340 g/mol. The van der Waals surface area contributed by atoms with Crippen LogP contribution in [-0.4, -0.2) is 39.9 Å². The highest BCUT2D eigenvalue weighted by Crippen LogP contribution is 2.36. The van der Waals surface area contributed by atoms with E-state index in [1.54, 1.807) is 17.3 Å². The Bertz CT molecular complexity index is 754. The maximum atomic E-state index is 12.6. The maximum Gasteiger partial charge on any atom is 0.267 e. The number of aromatic nitrogens is 2. The summed E-state index contributed by atoms with van der Waals surface area (Å²) in [6.07, 6.45) is 5.81. The molecule has 1 aliphatic rings. The number of nitrogens with zero attached hydrogens (tertiary/aromatic N) is 3. The molecule has 6 heteroatoms. The summed E-state index contributed by atoms with van der Waals surface area (Å²) < 4.78 is 1.95. The molecule has 25 heavy (non-hydrogen) atoms. The van der Waals surface area contributed by atoms with Crippen molar-refractivity contribution >= 4 is 11.8 Å². The van der Waals surface area contributed by atoms with Crippen molar-refractivity contribution in [1.82, 2.24) is 19.8 Å². The third kappa shape index (κ3) is 3.43. The van der Waals surface area contributed by atoms with Gasteiger partial charge in [0.15, 0.2) is 0 Å². The molecule has 2 aromatic rings. The first-order valence-corrected chi connectivity index (χ1v) is 8.59. The van der Waals surface area contributed by atoms with E-state index < -0.39 is 0 Å². The zero-order valence-electron chi connectivity index (χ0n) is 14.8. The number of rotatable bonds is 5. The number of hydrogen-bond donors (Lipinski definition) is 1. The first kappa shape index (κ1) is 17.2. The van der Waals surface area contributed by atoms with Crippen LogP contribution in [-0.2, 0) is 4.79 Å². The average Bonchev–Trinajstić information content (AvgIpc) is 3.19. The van der Waals surface area contributed by atoms with Crippen LogP contribution < -0.4 is 5.32 Å². The SMILES string of the molecule is CC(C)n1cccc1C(=O)NC[C@@H]1CC(=O)N(C)[C@H]1c1ccncc1. The maximum absolute atomic E-state index is 12.6. The molecule has 1 fully saturated rings. The molecule has 2 aromatic heterocycles. The molecule has 132 valence electrons. The average molecular weight is 340 g/mol. The van der Waals surface area contributed by atoms with Crippen LogP contribution in [0.4, 0.5) is 0 Å². The number of likely N-dealkylation sites (tertiary alicyclic amines) is 1. The van der Waals surface area contributed by atoms with Gasteiger partial charge in [-0.15, -0.1) is 0 Å². The van der Waals surface area contributed by atoms with E-state index in [2.05, 4.69) is 10.3 Å². The van der Waals surface area contributed by atoms with Crippen LogP contribution in [0, 0.1) is 5.92 Å². The lowest BCUT2D eigenvalue weighted by Crippen LogP contribution is -2.33. The van der Waals surface area contributed by atoms with E-state index in [1.165, 1.54) is 0 Å². The van der Waals surface area contributed by atoms with Gasteiger partial charge in [0.25, 0.3) is 5.91 Å². The van der Waals surface area contributed by atoms with Gasteiger partial charge in [0.1, 0.15) is 5.69 Å². The van der Waals surface area contributed by atoms with Crippen molar-refractivity contribution in [2.24, 2.45) is 5.92 Å². The van der Waals surface area contributed by atoms with Crippen molar-refractivity contribution in [3.8, 4) is 0 Å². The lowest BCUT2D eigenvalue weighted by Gasteiger charge is -2.25. The Morgan fingerprint density at radius 3 is 2.72 bits per heavy atom. The third-order valence-electron chi connectivity index (χ3n) is 4.83. The quantitative estimate of drug-likeness (QED) is 0.909. The molecule has 0 radical (unpaired) electrons. The zero-order chi connectivity index (χ0) is 18.0. The predicted octanol–water partition coefficient (Wildman–Crippen LogP) is 2.41. The van der Waals surface area contributed by atoms with Gasteiger partial charge >= 0.3 is 0 Å². The van der Waals surface area contributed by atoms with E-state index in [4.69, 9.17) is 0 Å². The van der Waals surface area contributed by atoms with Crippen molar-refractivity contribution in [1.29, 1.82) is 0 Å². The van der Waals surface area contributed by atoms with E-state index in [9.17, 15) is 9.59 Å². The molecule has 0 saturated carbocycles. The van der Waals surface area contributed by atoms with E-state index in [1.807, 2.05) is 55.9 Å². The van der Waals surface area contributed by atoms with E-state index in [0.717, 1.165) is 5.56 Å². The zero-order valence-corrected chi connectivity index (χ0v) is 14.8. The Kier molecular flexibility index (Phi) is 4.88. The second kappa shape index (κ2) is 7.09. The highest BCUT2D eigenvalue weighted by molar-refractivity contribution is 5.92. The first-order chi connectivity index (χ1) is 12.0. The van der Waals surface area contributed by atoms with Gasteiger partial charge in [-0.2, -0.15) is 0 Å². The van der Waals surface area contributed by atoms with Crippen molar-refractivity contribution in [3.63, 3.8) is 0 Å². The van der Waals surface area contributed by atoms with Gasteiger partial charge in [0, 0.05) is 50.6 Å². The molecule has 1 N–H and O–H groups in total. The number of carbonyl (C=O) groups excluding carboxylic acids is 2. The van der Waals surface area contributed by atoms with Crippen molar-refractivity contribution in [2.75, 3.05) is 13.6 Å². The van der Waals surface area contributed by atoms with Gasteiger partial charge in [-0.3, -0.25) is 14.6 Å². The van der Waals surface area contributed by atoms with Crippen LogP contribution in [0.5, 0.6) is 0 Å². The first-order valence-electron chi connectivity index (χ1n) is 8.59. The molecule has 1 aliphatic heterocycles. The van der Waals surface area contributed by atoms with Gasteiger partial charge in [-0.25, -0.2) is 0 Å². The summed E-state index contributed by atoms with van der Waals surface area (Å²) in [5.41, 5.74) is 1.70. The van der Waals surface area contributed by atoms with Crippen molar-refractivity contribution in [2.45, 2.75) is 32.4 Å². The topological polar surface area (TPSA) is 67.2 Å². The molecule has 3 rings (SSSR count). The van der Waals surface area contributed by atoms with E-state index >= 15 is 0 Å². The summed E-state index contributed by atoms with van der Waals surface area (Å²) in [6, 6.07) is 7.74. The molecule has 1 saturated heterocycles. The van der Waals surface area contributed by atoms with Crippen molar-refractivity contribution < 1.29 is 9.59 Å². The van der Waals surface area contributed by atoms with Crippen LogP contribution in [0.3, 0.4) is 0 Å². The lowest BCUT2D eigenvalue weighted by molar-refractivity contribution is -0.127. The van der Waals surface area contributed by atoms with Gasteiger partial charge in [-0.05, 0) is 43.7 Å². The molecule has 3 heterocycles. The molecule has 6 nitrogen and oxygen atoms in total. The summed E-state index contributed by atoms with van der Waals surface area (Å²) in [7, 11) is 1.82. The summed E-state index contributed by atoms with van der Waals surface area (Å²) in [4.78, 5) is 30.5. The highest BCUT2D eigenvalue weighted by atomic mass is 16.2. The molecule has 0 bridgehead atoms. The molecule has 0 aromatic carbocycles. The van der Waals surface area contributed by atoms with Crippen LogP contribution in [0.15, 0.2) is 42.9 Å². The molecule has 0 unspecified atom stereocenters. The van der Waals surface area contributed by atoms with E-state index in [-0.39, 0.29) is 29.8 Å². The van der Waals surface area contributed by atoms with E-state index in [0.29, 0.717) is 18.7 Å². The minimum atomic E-state index is -0.103. The Balaban J connectivity index is 1.72. The fourth-order valence-electron chi connectivity index (χ4n) is 3.54. The Morgan fingerprint density at radius 2 is 2.04 bits per heavy atom. The number of carbonyl (C=O) groups is 2.